The molecule has 1 fully saturated rings. The van der Waals surface area contributed by atoms with Gasteiger partial charge in [0.2, 0.25) is 0 Å². The van der Waals surface area contributed by atoms with Crippen LogP contribution < -0.4 is 0 Å². The van der Waals surface area contributed by atoms with E-state index >= 15 is 0 Å². The van der Waals surface area contributed by atoms with Crippen molar-refractivity contribution in [2.45, 2.75) is 65.7 Å². The molecule has 2 atom stereocenters. The van der Waals surface area contributed by atoms with Crippen molar-refractivity contribution in [2.75, 3.05) is 7.11 Å². The summed E-state index contributed by atoms with van der Waals surface area (Å²) in [5, 5.41) is 0. The molecule has 0 spiro atoms. The second-order valence-corrected chi connectivity index (χ2v) is 7.43. The normalized spacial score (nSPS) is 24.8. The molecule has 0 radical (unpaired) electrons. The van der Waals surface area contributed by atoms with Crippen LogP contribution in [0.15, 0.2) is 36.1 Å². The zero-order valence-corrected chi connectivity index (χ0v) is 15.8. The molecule has 0 amide bonds. The Kier molecular flexibility index (Phi) is 8.72. The predicted octanol–water partition coefficient (Wildman–Crippen LogP) is 7.12. The first-order chi connectivity index (χ1) is 11.3. The highest BCUT2D eigenvalue weighted by molar-refractivity contribution is 5.33. The van der Waals surface area contributed by atoms with Gasteiger partial charge in [0, 0.05) is 0 Å². The summed E-state index contributed by atoms with van der Waals surface area (Å²) in [5.41, 5.74) is 0.201. The largest absolute Gasteiger partial charge is 0.494 e. The Labute approximate surface area is 146 Å². The van der Waals surface area contributed by atoms with E-state index in [9.17, 15) is 8.78 Å². The van der Waals surface area contributed by atoms with Gasteiger partial charge in [0.15, 0.2) is 11.7 Å². The fourth-order valence-electron chi connectivity index (χ4n) is 3.66. The Hall–Kier alpha value is -1.12. The highest BCUT2D eigenvalue weighted by atomic mass is 19.2. The Balaban J connectivity index is 2.49. The Bertz CT molecular complexity index is 458. The molecule has 0 bridgehead atoms. The quantitative estimate of drug-likeness (QED) is 0.320. The Morgan fingerprint density at radius 2 is 1.62 bits per heavy atom. The number of hydrogen-bond acceptors (Lipinski definition) is 1. The minimum atomic E-state index is -1.04. The molecule has 1 aliphatic carbocycles. The lowest BCUT2D eigenvalue weighted by Gasteiger charge is -2.32. The first kappa shape index (κ1) is 20.9. The summed E-state index contributed by atoms with van der Waals surface area (Å²) in [6.45, 7) is 13.6. The smallest absolute Gasteiger partial charge is 0.200 e. The fraction of sp³-hybridized carbons (Fsp3) is 0.714. The molecule has 0 aromatic heterocycles. The average Bonchev–Trinajstić information content (AvgIpc) is 2.63. The second-order valence-electron chi connectivity index (χ2n) is 7.43. The standard InChI is InChI=1S/C21H34F2O/c1-7-18-10-12-19(13-11-18)15(3)9-8-14(2)16(4)20(22)21(23)17(5)24-6/h14-15,18-19H,4-5,7-13H2,1-3,6H3/b21-20-. The maximum absolute atomic E-state index is 14.1. The SMILES string of the molecule is C=C(OC)/C(F)=C(/F)C(=C)C(C)CCC(C)C1CCC(CC)CC1. The van der Waals surface area contributed by atoms with Crippen molar-refractivity contribution in [2.24, 2.45) is 23.7 Å². The van der Waals surface area contributed by atoms with Gasteiger partial charge in [0.1, 0.15) is 5.76 Å². The van der Waals surface area contributed by atoms with Gasteiger partial charge in [-0.15, -0.1) is 0 Å². The van der Waals surface area contributed by atoms with Crippen molar-refractivity contribution in [3.8, 4) is 0 Å². The molecule has 0 saturated heterocycles. The maximum atomic E-state index is 14.1. The topological polar surface area (TPSA) is 9.23 Å². The van der Waals surface area contributed by atoms with E-state index in [0.717, 1.165) is 24.7 Å². The van der Waals surface area contributed by atoms with Crippen molar-refractivity contribution < 1.29 is 13.5 Å². The Morgan fingerprint density at radius 3 is 2.12 bits per heavy atom. The van der Waals surface area contributed by atoms with Gasteiger partial charge < -0.3 is 4.74 Å². The van der Waals surface area contributed by atoms with E-state index in [1.165, 1.54) is 39.2 Å². The van der Waals surface area contributed by atoms with E-state index in [1.54, 1.807) is 0 Å². The third kappa shape index (κ3) is 5.75. The first-order valence-corrected chi connectivity index (χ1v) is 9.29. The van der Waals surface area contributed by atoms with E-state index in [4.69, 9.17) is 0 Å². The van der Waals surface area contributed by atoms with Crippen LogP contribution >= 0.6 is 0 Å². The molecule has 2 unspecified atom stereocenters. The average molecular weight is 340 g/mol. The van der Waals surface area contributed by atoms with Crippen LogP contribution in [0.25, 0.3) is 0 Å². The molecular weight excluding hydrogens is 306 g/mol. The fourth-order valence-corrected chi connectivity index (χ4v) is 3.66. The van der Waals surface area contributed by atoms with Gasteiger partial charge in [0.25, 0.3) is 0 Å². The molecule has 24 heavy (non-hydrogen) atoms. The van der Waals surface area contributed by atoms with Gasteiger partial charge in [-0.05, 0) is 54.9 Å². The van der Waals surface area contributed by atoms with Crippen molar-refractivity contribution in [1.82, 2.24) is 0 Å². The molecule has 0 heterocycles. The van der Waals surface area contributed by atoms with Crippen molar-refractivity contribution >= 4 is 0 Å². The molecule has 0 N–H and O–H groups in total. The summed E-state index contributed by atoms with van der Waals surface area (Å²) >= 11 is 0. The molecule has 1 saturated carbocycles. The van der Waals surface area contributed by atoms with Crippen LogP contribution in [0.1, 0.15) is 65.7 Å². The van der Waals surface area contributed by atoms with Crippen LogP contribution in [-0.2, 0) is 4.74 Å². The summed E-state index contributed by atoms with van der Waals surface area (Å²) in [6.07, 6.45) is 8.46. The highest BCUT2D eigenvalue weighted by Gasteiger charge is 2.25. The van der Waals surface area contributed by atoms with Gasteiger partial charge in [-0.25, -0.2) is 4.39 Å². The molecule has 1 nitrogen and oxygen atoms in total. The van der Waals surface area contributed by atoms with E-state index in [-0.39, 0.29) is 17.3 Å². The van der Waals surface area contributed by atoms with E-state index in [0.29, 0.717) is 5.92 Å². The molecule has 1 rings (SSSR count). The molecule has 138 valence electrons. The number of allylic oxidation sites excluding steroid dienone is 3. The zero-order valence-electron chi connectivity index (χ0n) is 15.8. The summed E-state index contributed by atoms with van der Waals surface area (Å²) in [5.74, 6) is -0.0340. The molecule has 1 aliphatic rings. The van der Waals surface area contributed by atoms with Gasteiger partial charge in [-0.1, -0.05) is 53.2 Å². The third-order valence-electron chi connectivity index (χ3n) is 5.89. The monoisotopic (exact) mass is 340 g/mol. The van der Waals surface area contributed by atoms with Crippen LogP contribution in [0.4, 0.5) is 8.78 Å². The lowest BCUT2D eigenvalue weighted by Crippen LogP contribution is -2.20. The zero-order chi connectivity index (χ0) is 18.3. The molecule has 0 aromatic carbocycles. The van der Waals surface area contributed by atoms with Crippen LogP contribution in [0.5, 0.6) is 0 Å². The molecular formula is C21H34F2O. The first-order valence-electron chi connectivity index (χ1n) is 9.29. The number of methoxy groups -OCH3 is 1. The van der Waals surface area contributed by atoms with Gasteiger partial charge >= 0.3 is 0 Å². The molecule has 0 aliphatic heterocycles. The van der Waals surface area contributed by atoms with E-state index in [2.05, 4.69) is 31.7 Å². The van der Waals surface area contributed by atoms with Crippen molar-refractivity contribution in [3.63, 3.8) is 0 Å². The predicted molar refractivity (Wildman–Crippen MR) is 97.8 cm³/mol. The maximum Gasteiger partial charge on any atom is 0.200 e. The molecule has 3 heteroatoms. The number of ether oxygens (including phenoxy) is 1. The minimum absolute atomic E-state index is 0.0881. The summed E-state index contributed by atoms with van der Waals surface area (Å²) in [4.78, 5) is 0. The van der Waals surface area contributed by atoms with Crippen LogP contribution in [-0.4, -0.2) is 7.11 Å². The van der Waals surface area contributed by atoms with Gasteiger partial charge in [-0.2, -0.15) is 4.39 Å². The number of hydrogen-bond donors (Lipinski definition) is 0. The minimum Gasteiger partial charge on any atom is -0.494 e. The van der Waals surface area contributed by atoms with Crippen molar-refractivity contribution in [3.05, 3.63) is 36.1 Å². The van der Waals surface area contributed by atoms with Crippen LogP contribution in [0.3, 0.4) is 0 Å². The summed E-state index contributed by atoms with van der Waals surface area (Å²) in [6, 6.07) is 0. The van der Waals surface area contributed by atoms with E-state index in [1.807, 2.05) is 6.92 Å². The molecule has 0 aromatic rings. The number of rotatable bonds is 9. The lowest BCUT2D eigenvalue weighted by molar-refractivity contribution is 0.199. The van der Waals surface area contributed by atoms with Gasteiger partial charge in [-0.3, -0.25) is 0 Å². The van der Waals surface area contributed by atoms with Crippen LogP contribution in [0.2, 0.25) is 0 Å². The van der Waals surface area contributed by atoms with Crippen LogP contribution in [0, 0.1) is 23.7 Å². The van der Waals surface area contributed by atoms with Gasteiger partial charge in [0.05, 0.1) is 7.11 Å². The van der Waals surface area contributed by atoms with E-state index < -0.39 is 11.7 Å². The number of halogens is 2. The second kappa shape index (κ2) is 10.0. The highest BCUT2D eigenvalue weighted by Crippen LogP contribution is 2.37. The Morgan fingerprint density at radius 1 is 1.04 bits per heavy atom. The summed E-state index contributed by atoms with van der Waals surface area (Å²) < 4.78 is 32.5. The third-order valence-corrected chi connectivity index (χ3v) is 5.89. The van der Waals surface area contributed by atoms with Crippen molar-refractivity contribution in [1.29, 1.82) is 0 Å². The lowest BCUT2D eigenvalue weighted by atomic mass is 9.74. The summed E-state index contributed by atoms with van der Waals surface area (Å²) in [7, 11) is 1.27.